The first-order valence-electron chi connectivity index (χ1n) is 7.53. The van der Waals surface area contributed by atoms with Gasteiger partial charge in [-0.05, 0) is 11.5 Å². The van der Waals surface area contributed by atoms with Gasteiger partial charge in [0.25, 0.3) is 0 Å². The van der Waals surface area contributed by atoms with Crippen LogP contribution in [0.2, 0.25) is 0 Å². The Balaban J connectivity index is 1.58. The highest BCUT2D eigenvalue weighted by Crippen LogP contribution is 2.22. The third kappa shape index (κ3) is 3.73. The summed E-state index contributed by atoms with van der Waals surface area (Å²) in [6.45, 7) is 4.61. The maximum absolute atomic E-state index is 10.2. The minimum atomic E-state index is -0.373. The molecule has 2 aromatic rings. The molecule has 112 valence electrons. The van der Waals surface area contributed by atoms with Crippen LogP contribution in [0.15, 0.2) is 42.5 Å². The number of ether oxygens (including phenoxy) is 1. The largest absolute Gasteiger partial charge is 0.390 e. The SMILES string of the molecule is OC(CNc1cccc2ccccc12)CN1CCOCC1. The van der Waals surface area contributed by atoms with Gasteiger partial charge in [-0.3, -0.25) is 4.90 Å². The van der Waals surface area contributed by atoms with Gasteiger partial charge in [0.15, 0.2) is 0 Å². The number of aliphatic hydroxyl groups excluding tert-OH is 1. The quantitative estimate of drug-likeness (QED) is 0.882. The van der Waals surface area contributed by atoms with Crippen molar-refractivity contribution in [2.24, 2.45) is 0 Å². The van der Waals surface area contributed by atoms with Crippen LogP contribution < -0.4 is 5.32 Å². The standard InChI is InChI=1S/C17H22N2O2/c20-15(13-19-8-10-21-11-9-19)12-18-17-7-3-5-14-4-1-2-6-16(14)17/h1-7,15,18,20H,8-13H2. The van der Waals surface area contributed by atoms with E-state index in [1.165, 1.54) is 10.8 Å². The van der Waals surface area contributed by atoms with Crippen LogP contribution in [0.3, 0.4) is 0 Å². The first kappa shape index (κ1) is 14.3. The Morgan fingerprint density at radius 3 is 2.71 bits per heavy atom. The third-order valence-electron chi connectivity index (χ3n) is 3.89. The molecule has 1 saturated heterocycles. The van der Waals surface area contributed by atoms with Gasteiger partial charge in [0.2, 0.25) is 0 Å². The van der Waals surface area contributed by atoms with Crippen LogP contribution in [0.25, 0.3) is 10.8 Å². The van der Waals surface area contributed by atoms with Crippen LogP contribution in [0.5, 0.6) is 0 Å². The lowest BCUT2D eigenvalue weighted by Crippen LogP contribution is -2.42. The Morgan fingerprint density at radius 1 is 1.10 bits per heavy atom. The highest BCUT2D eigenvalue weighted by atomic mass is 16.5. The number of hydrogen-bond acceptors (Lipinski definition) is 4. The van der Waals surface area contributed by atoms with E-state index in [1.54, 1.807) is 0 Å². The average Bonchev–Trinajstić information content (AvgIpc) is 2.54. The summed E-state index contributed by atoms with van der Waals surface area (Å²) >= 11 is 0. The summed E-state index contributed by atoms with van der Waals surface area (Å²) < 4.78 is 5.32. The number of fused-ring (bicyclic) bond motifs is 1. The summed E-state index contributed by atoms with van der Waals surface area (Å²) in [5, 5.41) is 16.0. The van der Waals surface area contributed by atoms with Crippen molar-refractivity contribution in [2.45, 2.75) is 6.10 Å². The van der Waals surface area contributed by atoms with Gasteiger partial charge in [0, 0.05) is 37.3 Å². The Morgan fingerprint density at radius 2 is 1.86 bits per heavy atom. The van der Waals surface area contributed by atoms with Gasteiger partial charge in [0.05, 0.1) is 19.3 Å². The molecule has 0 aromatic heterocycles. The fourth-order valence-electron chi connectivity index (χ4n) is 2.75. The molecular weight excluding hydrogens is 264 g/mol. The van der Waals surface area contributed by atoms with Crippen molar-refractivity contribution in [2.75, 3.05) is 44.7 Å². The van der Waals surface area contributed by atoms with Crippen LogP contribution in [0.4, 0.5) is 5.69 Å². The molecule has 0 amide bonds. The Kier molecular flexibility index (Phi) is 4.70. The summed E-state index contributed by atoms with van der Waals surface area (Å²) in [6, 6.07) is 14.5. The summed E-state index contributed by atoms with van der Waals surface area (Å²) in [5.41, 5.74) is 1.08. The summed E-state index contributed by atoms with van der Waals surface area (Å²) in [5.74, 6) is 0. The second-order valence-electron chi connectivity index (χ2n) is 5.47. The van der Waals surface area contributed by atoms with E-state index in [4.69, 9.17) is 4.74 Å². The normalized spacial score (nSPS) is 17.8. The molecule has 4 heteroatoms. The van der Waals surface area contributed by atoms with Gasteiger partial charge in [-0.15, -0.1) is 0 Å². The highest BCUT2D eigenvalue weighted by Gasteiger charge is 2.14. The second-order valence-corrected chi connectivity index (χ2v) is 5.47. The van der Waals surface area contributed by atoms with Crippen molar-refractivity contribution in [3.63, 3.8) is 0 Å². The molecule has 0 spiro atoms. The number of morpholine rings is 1. The minimum absolute atomic E-state index is 0.373. The van der Waals surface area contributed by atoms with Crippen molar-refractivity contribution in [3.8, 4) is 0 Å². The van der Waals surface area contributed by atoms with Gasteiger partial charge in [-0.2, -0.15) is 0 Å². The first-order valence-corrected chi connectivity index (χ1v) is 7.53. The monoisotopic (exact) mass is 286 g/mol. The van der Waals surface area contributed by atoms with Crippen molar-refractivity contribution in [3.05, 3.63) is 42.5 Å². The molecule has 2 aromatic carbocycles. The van der Waals surface area contributed by atoms with Crippen molar-refractivity contribution in [1.82, 2.24) is 4.90 Å². The zero-order valence-electron chi connectivity index (χ0n) is 12.2. The van der Waals surface area contributed by atoms with Crippen LogP contribution in [0, 0.1) is 0 Å². The summed E-state index contributed by atoms with van der Waals surface area (Å²) in [7, 11) is 0. The second kappa shape index (κ2) is 6.89. The Bertz CT molecular complexity index is 577. The lowest BCUT2D eigenvalue weighted by molar-refractivity contribution is 0.0171. The van der Waals surface area contributed by atoms with E-state index < -0.39 is 0 Å². The van der Waals surface area contributed by atoms with Gasteiger partial charge in [-0.1, -0.05) is 36.4 Å². The molecule has 4 nitrogen and oxygen atoms in total. The minimum Gasteiger partial charge on any atom is -0.390 e. The van der Waals surface area contributed by atoms with E-state index in [0.29, 0.717) is 13.1 Å². The molecule has 2 N–H and O–H groups in total. The number of nitrogens with zero attached hydrogens (tertiary/aromatic N) is 1. The molecule has 0 aliphatic carbocycles. The fraction of sp³-hybridized carbons (Fsp3) is 0.412. The number of hydrogen-bond donors (Lipinski definition) is 2. The number of aliphatic hydroxyl groups is 1. The lowest BCUT2D eigenvalue weighted by atomic mass is 10.1. The third-order valence-corrected chi connectivity index (χ3v) is 3.89. The van der Waals surface area contributed by atoms with Crippen LogP contribution in [0.1, 0.15) is 0 Å². The van der Waals surface area contributed by atoms with E-state index in [2.05, 4.69) is 34.5 Å². The molecule has 1 heterocycles. The smallest absolute Gasteiger partial charge is 0.0839 e. The van der Waals surface area contributed by atoms with Gasteiger partial charge in [-0.25, -0.2) is 0 Å². The van der Waals surface area contributed by atoms with E-state index in [1.807, 2.05) is 18.2 Å². The molecule has 1 aliphatic heterocycles. The molecule has 1 aliphatic rings. The summed E-state index contributed by atoms with van der Waals surface area (Å²) in [6.07, 6.45) is -0.373. The zero-order valence-corrected chi connectivity index (χ0v) is 12.2. The van der Waals surface area contributed by atoms with Crippen molar-refractivity contribution >= 4 is 16.5 Å². The molecule has 0 saturated carbocycles. The predicted molar refractivity (Wildman–Crippen MR) is 85.7 cm³/mol. The highest BCUT2D eigenvalue weighted by molar-refractivity contribution is 5.93. The maximum Gasteiger partial charge on any atom is 0.0839 e. The van der Waals surface area contributed by atoms with Gasteiger partial charge in [0.1, 0.15) is 0 Å². The predicted octanol–water partition coefficient (Wildman–Crippen LogP) is 1.94. The number of β-amino-alcohol motifs (C(OH)–C–C–N with tert-alkyl or cyclic N) is 1. The molecule has 1 atom stereocenters. The average molecular weight is 286 g/mol. The Hall–Kier alpha value is -1.62. The van der Waals surface area contributed by atoms with Gasteiger partial charge >= 0.3 is 0 Å². The van der Waals surface area contributed by atoms with E-state index in [0.717, 1.165) is 32.0 Å². The number of rotatable bonds is 5. The summed E-state index contributed by atoms with van der Waals surface area (Å²) in [4.78, 5) is 2.25. The molecule has 0 radical (unpaired) electrons. The van der Waals surface area contributed by atoms with Gasteiger partial charge < -0.3 is 15.2 Å². The van der Waals surface area contributed by atoms with Crippen molar-refractivity contribution < 1.29 is 9.84 Å². The van der Waals surface area contributed by atoms with Crippen LogP contribution in [-0.4, -0.2) is 55.5 Å². The van der Waals surface area contributed by atoms with Crippen LogP contribution >= 0.6 is 0 Å². The molecule has 1 unspecified atom stereocenters. The molecule has 1 fully saturated rings. The number of nitrogens with one attached hydrogen (secondary N) is 1. The maximum atomic E-state index is 10.2. The molecular formula is C17H22N2O2. The fourth-order valence-corrected chi connectivity index (χ4v) is 2.75. The number of anilines is 1. The van der Waals surface area contributed by atoms with E-state index in [-0.39, 0.29) is 6.10 Å². The zero-order chi connectivity index (χ0) is 14.5. The molecule has 3 rings (SSSR count). The van der Waals surface area contributed by atoms with Crippen molar-refractivity contribution in [1.29, 1.82) is 0 Å². The topological polar surface area (TPSA) is 44.7 Å². The first-order chi connectivity index (χ1) is 10.3. The molecule has 21 heavy (non-hydrogen) atoms. The number of benzene rings is 2. The molecule has 0 bridgehead atoms. The van der Waals surface area contributed by atoms with E-state index >= 15 is 0 Å². The van der Waals surface area contributed by atoms with E-state index in [9.17, 15) is 5.11 Å². The lowest BCUT2D eigenvalue weighted by Gasteiger charge is -2.28. The Labute approximate surface area is 125 Å². The van der Waals surface area contributed by atoms with Crippen LogP contribution in [-0.2, 0) is 4.74 Å².